The van der Waals surface area contributed by atoms with Crippen LogP contribution >= 0.6 is 11.6 Å². The number of carbonyl (C=O) groups is 1. The number of hydrogen-bond donors (Lipinski definition) is 1. The number of halogens is 1. The topological polar surface area (TPSA) is 35.6 Å². The lowest BCUT2D eigenvalue weighted by Gasteiger charge is -2.25. The zero-order valence-corrected chi connectivity index (χ0v) is 14.3. The van der Waals surface area contributed by atoms with Gasteiger partial charge in [0.2, 0.25) is 0 Å². The molecule has 0 atom stereocenters. The molecular weight excluding hydrogens is 310 g/mol. The molecule has 0 aromatic heterocycles. The van der Waals surface area contributed by atoms with Gasteiger partial charge in [0.15, 0.2) is 0 Å². The highest BCUT2D eigenvalue weighted by Crippen LogP contribution is 2.21. The number of carbonyl (C=O) groups excluding carboxylic acids is 1. The maximum Gasteiger partial charge on any atom is 0.322 e. The summed E-state index contributed by atoms with van der Waals surface area (Å²) in [6, 6.07) is 17.1. The highest BCUT2D eigenvalue weighted by Gasteiger charge is 2.15. The molecule has 2 amide bonds. The molecular formula is C18H22ClN3O. The van der Waals surface area contributed by atoms with Crippen molar-refractivity contribution in [3.8, 4) is 0 Å². The Balaban J connectivity index is 2.09. The molecule has 0 bridgehead atoms. The molecule has 0 aliphatic heterocycles. The number of urea groups is 1. The van der Waals surface area contributed by atoms with E-state index in [0.717, 1.165) is 12.1 Å². The van der Waals surface area contributed by atoms with Crippen LogP contribution in [0, 0.1) is 0 Å². The zero-order valence-electron chi connectivity index (χ0n) is 13.5. The van der Waals surface area contributed by atoms with Crippen molar-refractivity contribution < 1.29 is 4.79 Å². The molecule has 2 aromatic carbocycles. The van der Waals surface area contributed by atoms with Crippen molar-refractivity contribution in [2.24, 2.45) is 0 Å². The van der Waals surface area contributed by atoms with E-state index in [4.69, 9.17) is 11.6 Å². The summed E-state index contributed by atoms with van der Waals surface area (Å²) in [4.78, 5) is 16.5. The van der Waals surface area contributed by atoms with Gasteiger partial charge in [0.1, 0.15) is 0 Å². The molecule has 0 aliphatic rings. The number of nitrogens with one attached hydrogen (secondary N) is 1. The van der Waals surface area contributed by atoms with Gasteiger partial charge in [-0.1, -0.05) is 54.1 Å². The fourth-order valence-corrected chi connectivity index (χ4v) is 2.32. The Morgan fingerprint density at radius 3 is 2.30 bits per heavy atom. The maximum atomic E-state index is 12.6. The van der Waals surface area contributed by atoms with E-state index in [-0.39, 0.29) is 6.03 Å². The summed E-state index contributed by atoms with van der Waals surface area (Å²) in [7, 11) is 3.99. The Morgan fingerprint density at radius 2 is 1.65 bits per heavy atom. The lowest BCUT2D eigenvalue weighted by atomic mass is 10.2. The quantitative estimate of drug-likeness (QED) is 0.870. The molecule has 23 heavy (non-hydrogen) atoms. The first kappa shape index (κ1) is 17.3. The molecule has 122 valence electrons. The van der Waals surface area contributed by atoms with E-state index in [2.05, 4.69) is 10.2 Å². The molecule has 0 aliphatic carbocycles. The minimum Gasteiger partial charge on any atom is -0.319 e. The van der Waals surface area contributed by atoms with Crippen molar-refractivity contribution in [1.82, 2.24) is 9.80 Å². The summed E-state index contributed by atoms with van der Waals surface area (Å²) in [6.07, 6.45) is 0. The molecule has 0 saturated carbocycles. The van der Waals surface area contributed by atoms with Gasteiger partial charge < -0.3 is 15.1 Å². The van der Waals surface area contributed by atoms with Crippen LogP contribution in [0.2, 0.25) is 5.02 Å². The number of likely N-dealkylation sites (N-methyl/N-ethyl adjacent to an activating group) is 1. The van der Waals surface area contributed by atoms with Gasteiger partial charge in [0.05, 0.1) is 10.7 Å². The predicted molar refractivity (Wildman–Crippen MR) is 95.9 cm³/mol. The van der Waals surface area contributed by atoms with E-state index in [0.29, 0.717) is 23.8 Å². The average Bonchev–Trinajstić information content (AvgIpc) is 2.54. The second-order valence-corrected chi connectivity index (χ2v) is 6.03. The standard InChI is InChI=1S/C18H22ClN3O/c1-21(2)12-13-22(14-15-8-4-3-5-9-15)18(23)20-17-11-7-6-10-16(17)19/h3-11H,12-14H2,1-2H3,(H,20,23). The molecule has 5 heteroatoms. The molecule has 2 rings (SSSR count). The molecule has 0 heterocycles. The number of hydrogen-bond acceptors (Lipinski definition) is 2. The Hall–Kier alpha value is -2.04. The largest absolute Gasteiger partial charge is 0.322 e. The van der Waals surface area contributed by atoms with Crippen LogP contribution < -0.4 is 5.32 Å². The monoisotopic (exact) mass is 331 g/mol. The van der Waals surface area contributed by atoms with E-state index in [1.54, 1.807) is 17.0 Å². The number of benzene rings is 2. The van der Waals surface area contributed by atoms with Crippen LogP contribution in [0.4, 0.5) is 10.5 Å². The first-order valence-corrected chi connectivity index (χ1v) is 7.93. The number of amides is 2. The molecule has 0 unspecified atom stereocenters. The van der Waals surface area contributed by atoms with Crippen LogP contribution in [0.25, 0.3) is 0 Å². The van der Waals surface area contributed by atoms with Crippen LogP contribution in [0.3, 0.4) is 0 Å². The third-order valence-electron chi connectivity index (χ3n) is 3.44. The fraction of sp³-hybridized carbons (Fsp3) is 0.278. The Morgan fingerprint density at radius 1 is 1.00 bits per heavy atom. The van der Waals surface area contributed by atoms with Gasteiger partial charge in [-0.2, -0.15) is 0 Å². The SMILES string of the molecule is CN(C)CCN(Cc1ccccc1)C(=O)Nc1ccccc1Cl. The summed E-state index contributed by atoms with van der Waals surface area (Å²) in [5, 5.41) is 3.43. The van der Waals surface area contributed by atoms with Gasteiger partial charge in [-0.15, -0.1) is 0 Å². The second kappa shape index (κ2) is 8.56. The lowest BCUT2D eigenvalue weighted by molar-refractivity contribution is 0.202. The van der Waals surface area contributed by atoms with Crippen molar-refractivity contribution >= 4 is 23.3 Å². The van der Waals surface area contributed by atoms with Crippen molar-refractivity contribution in [2.75, 3.05) is 32.5 Å². The van der Waals surface area contributed by atoms with Crippen LogP contribution in [-0.4, -0.2) is 43.0 Å². The third kappa shape index (κ3) is 5.58. The van der Waals surface area contributed by atoms with E-state index in [1.165, 1.54) is 0 Å². The van der Waals surface area contributed by atoms with Gasteiger partial charge in [-0.05, 0) is 31.8 Å². The number of rotatable bonds is 6. The molecule has 0 saturated heterocycles. The smallest absolute Gasteiger partial charge is 0.319 e. The number of para-hydroxylation sites is 1. The summed E-state index contributed by atoms with van der Waals surface area (Å²) in [5.74, 6) is 0. The highest BCUT2D eigenvalue weighted by molar-refractivity contribution is 6.33. The third-order valence-corrected chi connectivity index (χ3v) is 3.77. The summed E-state index contributed by atoms with van der Waals surface area (Å²) < 4.78 is 0. The molecule has 0 fully saturated rings. The minimum atomic E-state index is -0.149. The van der Waals surface area contributed by atoms with E-state index < -0.39 is 0 Å². The van der Waals surface area contributed by atoms with E-state index >= 15 is 0 Å². The highest BCUT2D eigenvalue weighted by atomic mass is 35.5. The summed E-state index contributed by atoms with van der Waals surface area (Å²) in [6.45, 7) is 1.99. The van der Waals surface area contributed by atoms with Crippen molar-refractivity contribution in [2.45, 2.75) is 6.54 Å². The number of nitrogens with zero attached hydrogens (tertiary/aromatic N) is 2. The fourth-order valence-electron chi connectivity index (χ4n) is 2.13. The molecule has 1 N–H and O–H groups in total. The van der Waals surface area contributed by atoms with E-state index in [1.807, 2.05) is 56.6 Å². The lowest BCUT2D eigenvalue weighted by Crippen LogP contribution is -2.39. The van der Waals surface area contributed by atoms with Crippen molar-refractivity contribution in [1.29, 1.82) is 0 Å². The maximum absolute atomic E-state index is 12.6. The second-order valence-electron chi connectivity index (χ2n) is 5.62. The van der Waals surface area contributed by atoms with Gasteiger partial charge in [0, 0.05) is 19.6 Å². The zero-order chi connectivity index (χ0) is 16.7. The first-order chi connectivity index (χ1) is 11.1. The molecule has 4 nitrogen and oxygen atoms in total. The Labute approximate surface area is 142 Å². The van der Waals surface area contributed by atoms with E-state index in [9.17, 15) is 4.79 Å². The Bertz CT molecular complexity index is 631. The molecule has 0 radical (unpaired) electrons. The average molecular weight is 332 g/mol. The van der Waals surface area contributed by atoms with Crippen molar-refractivity contribution in [3.63, 3.8) is 0 Å². The minimum absolute atomic E-state index is 0.149. The number of anilines is 1. The van der Waals surface area contributed by atoms with Gasteiger partial charge in [-0.3, -0.25) is 0 Å². The van der Waals surface area contributed by atoms with Gasteiger partial charge in [0.25, 0.3) is 0 Å². The van der Waals surface area contributed by atoms with Crippen LogP contribution in [-0.2, 0) is 6.54 Å². The predicted octanol–water partition coefficient (Wildman–Crippen LogP) is 3.94. The Kier molecular flexibility index (Phi) is 6.44. The van der Waals surface area contributed by atoms with Crippen LogP contribution in [0.15, 0.2) is 54.6 Å². The normalized spacial score (nSPS) is 10.6. The molecule has 0 spiro atoms. The molecule has 2 aromatic rings. The van der Waals surface area contributed by atoms with Crippen LogP contribution in [0.1, 0.15) is 5.56 Å². The van der Waals surface area contributed by atoms with Crippen LogP contribution in [0.5, 0.6) is 0 Å². The summed E-state index contributed by atoms with van der Waals surface area (Å²) >= 11 is 6.12. The van der Waals surface area contributed by atoms with Gasteiger partial charge in [-0.25, -0.2) is 4.79 Å². The first-order valence-electron chi connectivity index (χ1n) is 7.55. The van der Waals surface area contributed by atoms with Crippen molar-refractivity contribution in [3.05, 3.63) is 65.2 Å². The summed E-state index contributed by atoms with van der Waals surface area (Å²) in [5.41, 5.74) is 1.72. The van der Waals surface area contributed by atoms with Gasteiger partial charge >= 0.3 is 6.03 Å².